The molecule has 1 N–H and O–H groups in total. The van der Waals surface area contributed by atoms with Crippen molar-refractivity contribution in [1.82, 2.24) is 0 Å². The van der Waals surface area contributed by atoms with Crippen molar-refractivity contribution < 1.29 is 5.11 Å². The van der Waals surface area contributed by atoms with E-state index in [2.05, 4.69) is 22.0 Å². The van der Waals surface area contributed by atoms with Crippen LogP contribution < -0.4 is 0 Å². The Bertz CT molecular complexity index is 334. The van der Waals surface area contributed by atoms with Crippen molar-refractivity contribution in [1.29, 1.82) is 0 Å². The molecule has 0 amide bonds. The molecule has 1 heterocycles. The first-order valence-electron chi connectivity index (χ1n) is 5.23. The van der Waals surface area contributed by atoms with Gasteiger partial charge in [0.05, 0.1) is 5.60 Å². The molecule has 0 spiro atoms. The molecule has 82 valence electrons. The summed E-state index contributed by atoms with van der Waals surface area (Å²) in [4.78, 5) is 0. The molecule has 1 saturated heterocycles. The Morgan fingerprint density at radius 3 is 2.87 bits per heavy atom. The van der Waals surface area contributed by atoms with Gasteiger partial charge in [0.1, 0.15) is 0 Å². The van der Waals surface area contributed by atoms with Crippen LogP contribution in [0, 0.1) is 0 Å². The lowest BCUT2D eigenvalue weighted by atomic mass is 9.91. The molecule has 0 aliphatic carbocycles. The summed E-state index contributed by atoms with van der Waals surface area (Å²) in [6.07, 6.45) is 2.83. The summed E-state index contributed by atoms with van der Waals surface area (Å²) in [5.41, 5.74) is 0.717. The molecule has 1 aromatic carbocycles. The molecule has 15 heavy (non-hydrogen) atoms. The van der Waals surface area contributed by atoms with E-state index in [4.69, 9.17) is 0 Å². The van der Waals surface area contributed by atoms with E-state index in [1.54, 1.807) is 0 Å². The average Bonchev–Trinajstić information content (AvgIpc) is 2.22. The number of benzene rings is 1. The van der Waals surface area contributed by atoms with Gasteiger partial charge in [-0.3, -0.25) is 0 Å². The highest BCUT2D eigenvalue weighted by atomic mass is 79.9. The second-order valence-corrected chi connectivity index (χ2v) is 6.11. The van der Waals surface area contributed by atoms with Crippen LogP contribution in [-0.2, 0) is 6.42 Å². The molecule has 1 fully saturated rings. The van der Waals surface area contributed by atoms with Crippen LogP contribution in [0.5, 0.6) is 0 Å². The third kappa shape index (κ3) is 2.99. The van der Waals surface area contributed by atoms with Crippen LogP contribution >= 0.6 is 27.7 Å². The monoisotopic (exact) mass is 286 g/mol. The van der Waals surface area contributed by atoms with E-state index >= 15 is 0 Å². The first kappa shape index (κ1) is 11.5. The third-order valence-corrected chi connectivity index (χ3v) is 4.87. The molecular weight excluding hydrogens is 272 g/mol. The Morgan fingerprint density at radius 1 is 1.40 bits per heavy atom. The maximum atomic E-state index is 10.4. The van der Waals surface area contributed by atoms with E-state index in [0.717, 1.165) is 29.5 Å². The zero-order valence-corrected chi connectivity index (χ0v) is 11.0. The van der Waals surface area contributed by atoms with Gasteiger partial charge in [-0.25, -0.2) is 0 Å². The predicted octanol–water partition coefficient (Wildman–Crippen LogP) is 3.25. The summed E-state index contributed by atoms with van der Waals surface area (Å²) in [7, 11) is 0. The molecule has 0 aromatic heterocycles. The largest absolute Gasteiger partial charge is 0.389 e. The van der Waals surface area contributed by atoms with Crippen LogP contribution in [0.25, 0.3) is 0 Å². The number of hydrogen-bond donors (Lipinski definition) is 1. The maximum absolute atomic E-state index is 10.4. The molecule has 1 unspecified atom stereocenters. The van der Waals surface area contributed by atoms with E-state index < -0.39 is 5.60 Å². The fourth-order valence-electron chi connectivity index (χ4n) is 1.97. The van der Waals surface area contributed by atoms with Gasteiger partial charge in [-0.15, -0.1) is 0 Å². The van der Waals surface area contributed by atoms with Crippen LogP contribution in [0.4, 0.5) is 0 Å². The van der Waals surface area contributed by atoms with Gasteiger partial charge in [-0.05, 0) is 30.2 Å². The molecule has 1 aliphatic rings. The molecule has 1 atom stereocenters. The molecular formula is C12H15BrOS. The van der Waals surface area contributed by atoms with E-state index in [9.17, 15) is 5.11 Å². The molecule has 2 rings (SSSR count). The topological polar surface area (TPSA) is 20.2 Å². The Morgan fingerprint density at radius 2 is 2.20 bits per heavy atom. The quantitative estimate of drug-likeness (QED) is 0.901. The van der Waals surface area contributed by atoms with Crippen molar-refractivity contribution in [2.45, 2.75) is 24.9 Å². The minimum absolute atomic E-state index is 0.493. The van der Waals surface area contributed by atoms with Crippen molar-refractivity contribution in [3.8, 4) is 0 Å². The fourth-order valence-corrected chi connectivity index (χ4v) is 3.52. The van der Waals surface area contributed by atoms with Gasteiger partial charge in [0.2, 0.25) is 0 Å². The minimum atomic E-state index is -0.493. The first-order chi connectivity index (χ1) is 7.20. The zero-order valence-electron chi connectivity index (χ0n) is 8.58. The molecule has 3 heteroatoms. The summed E-state index contributed by atoms with van der Waals surface area (Å²) in [5.74, 6) is 2.06. The predicted molar refractivity (Wildman–Crippen MR) is 69.4 cm³/mol. The zero-order chi connectivity index (χ0) is 10.7. The SMILES string of the molecule is OC1(Cc2ccccc2Br)CCCSC1. The highest BCUT2D eigenvalue weighted by Gasteiger charge is 2.30. The summed E-state index contributed by atoms with van der Waals surface area (Å²) in [6.45, 7) is 0. The molecule has 1 nitrogen and oxygen atoms in total. The van der Waals surface area contributed by atoms with Gasteiger partial charge >= 0.3 is 0 Å². The van der Waals surface area contributed by atoms with Crippen molar-refractivity contribution in [3.05, 3.63) is 34.3 Å². The van der Waals surface area contributed by atoms with Gasteiger partial charge < -0.3 is 5.11 Å². The number of rotatable bonds is 2. The maximum Gasteiger partial charge on any atom is 0.0778 e. The van der Waals surface area contributed by atoms with Crippen molar-refractivity contribution in [2.75, 3.05) is 11.5 Å². The standard InChI is InChI=1S/C12H15BrOS/c13-11-5-2-1-4-10(11)8-12(14)6-3-7-15-9-12/h1-2,4-5,14H,3,6-9H2. The first-order valence-corrected chi connectivity index (χ1v) is 7.18. The number of hydrogen-bond acceptors (Lipinski definition) is 2. The summed E-state index contributed by atoms with van der Waals surface area (Å²) in [5, 5.41) is 10.4. The average molecular weight is 287 g/mol. The highest BCUT2D eigenvalue weighted by Crippen LogP contribution is 2.31. The van der Waals surface area contributed by atoms with Gasteiger partial charge in [0.15, 0.2) is 0 Å². The molecule has 0 bridgehead atoms. The molecule has 0 saturated carbocycles. The van der Waals surface area contributed by atoms with Crippen molar-refractivity contribution in [3.63, 3.8) is 0 Å². The normalized spacial score (nSPS) is 26.5. The van der Waals surface area contributed by atoms with Crippen LogP contribution in [0.3, 0.4) is 0 Å². The lowest BCUT2D eigenvalue weighted by molar-refractivity contribution is 0.0528. The second-order valence-electron chi connectivity index (χ2n) is 4.15. The lowest BCUT2D eigenvalue weighted by Gasteiger charge is -2.32. The van der Waals surface area contributed by atoms with Crippen LogP contribution in [0.15, 0.2) is 28.7 Å². The van der Waals surface area contributed by atoms with Gasteiger partial charge in [-0.1, -0.05) is 34.1 Å². The van der Waals surface area contributed by atoms with E-state index in [0.29, 0.717) is 0 Å². The number of halogens is 1. The van der Waals surface area contributed by atoms with Gasteiger partial charge in [-0.2, -0.15) is 11.8 Å². The number of thioether (sulfide) groups is 1. The van der Waals surface area contributed by atoms with Crippen LogP contribution in [-0.4, -0.2) is 22.2 Å². The summed E-state index contributed by atoms with van der Waals surface area (Å²) < 4.78 is 1.11. The third-order valence-electron chi connectivity index (χ3n) is 2.78. The van der Waals surface area contributed by atoms with E-state index in [1.807, 2.05) is 30.0 Å². The van der Waals surface area contributed by atoms with Crippen LogP contribution in [0.1, 0.15) is 18.4 Å². The van der Waals surface area contributed by atoms with Crippen LogP contribution in [0.2, 0.25) is 0 Å². The Labute approximate surface area is 103 Å². The lowest BCUT2D eigenvalue weighted by Crippen LogP contribution is -2.37. The second kappa shape index (κ2) is 4.89. The van der Waals surface area contributed by atoms with E-state index in [-0.39, 0.29) is 0 Å². The van der Waals surface area contributed by atoms with E-state index in [1.165, 1.54) is 11.3 Å². The smallest absolute Gasteiger partial charge is 0.0778 e. The fraction of sp³-hybridized carbons (Fsp3) is 0.500. The molecule has 0 radical (unpaired) electrons. The van der Waals surface area contributed by atoms with Gasteiger partial charge in [0, 0.05) is 16.6 Å². The Hall–Kier alpha value is 0.01000. The Balaban J connectivity index is 2.10. The minimum Gasteiger partial charge on any atom is -0.389 e. The number of aliphatic hydroxyl groups is 1. The summed E-state index contributed by atoms with van der Waals surface area (Å²) in [6, 6.07) is 8.16. The molecule has 1 aliphatic heterocycles. The highest BCUT2D eigenvalue weighted by molar-refractivity contribution is 9.10. The van der Waals surface area contributed by atoms with Gasteiger partial charge in [0.25, 0.3) is 0 Å². The molecule has 1 aromatic rings. The summed E-state index contributed by atoms with van der Waals surface area (Å²) >= 11 is 5.39. The van der Waals surface area contributed by atoms with Crippen molar-refractivity contribution in [2.24, 2.45) is 0 Å². The van der Waals surface area contributed by atoms with Crippen molar-refractivity contribution >= 4 is 27.7 Å². The Kier molecular flexibility index (Phi) is 3.75.